The Bertz CT molecular complexity index is 1070. The number of fused-ring (bicyclic) bond motifs is 1. The van der Waals surface area contributed by atoms with Crippen molar-refractivity contribution < 1.29 is 24.3 Å². The van der Waals surface area contributed by atoms with Crippen molar-refractivity contribution in [3.8, 4) is 0 Å². The Morgan fingerprint density at radius 1 is 1.11 bits per heavy atom. The van der Waals surface area contributed by atoms with Crippen LogP contribution in [0.15, 0.2) is 24.3 Å². The van der Waals surface area contributed by atoms with Crippen LogP contribution in [0.4, 0.5) is 10.5 Å². The molecule has 1 aliphatic heterocycles. The number of nitrogens with one attached hydrogen (secondary N) is 4. The third kappa shape index (κ3) is 5.73. The van der Waals surface area contributed by atoms with Gasteiger partial charge >= 0.3 is 6.09 Å². The van der Waals surface area contributed by atoms with E-state index >= 15 is 0 Å². The average Bonchev–Trinajstić information content (AvgIpc) is 3.52. The lowest BCUT2D eigenvalue weighted by Crippen LogP contribution is -2.54. The number of nitrogens with zero attached hydrogens (tertiary/aromatic N) is 4. The number of aromatic nitrogens is 4. The van der Waals surface area contributed by atoms with Crippen LogP contribution in [0.2, 0.25) is 0 Å². The molecular formula is C22H28N8O5. The van der Waals surface area contributed by atoms with Gasteiger partial charge in [0.1, 0.15) is 12.1 Å². The Morgan fingerprint density at radius 2 is 1.89 bits per heavy atom. The van der Waals surface area contributed by atoms with Gasteiger partial charge in [-0.25, -0.2) is 4.79 Å². The van der Waals surface area contributed by atoms with Gasteiger partial charge in [0.15, 0.2) is 5.82 Å². The Morgan fingerprint density at radius 3 is 2.60 bits per heavy atom. The van der Waals surface area contributed by atoms with Gasteiger partial charge in [0, 0.05) is 12.1 Å². The number of hydrogen-bond donors (Lipinski definition) is 5. The molecular weight excluding hydrogens is 456 g/mol. The third-order valence-electron chi connectivity index (χ3n) is 6.45. The first-order valence-electron chi connectivity index (χ1n) is 11.6. The van der Waals surface area contributed by atoms with Crippen molar-refractivity contribution in [2.75, 3.05) is 11.4 Å². The summed E-state index contributed by atoms with van der Waals surface area (Å²) in [5.74, 6) is -1.22. The highest BCUT2D eigenvalue weighted by atomic mass is 16.4. The normalized spacial score (nSPS) is 18.4. The van der Waals surface area contributed by atoms with Crippen molar-refractivity contribution in [2.24, 2.45) is 5.92 Å². The Kier molecular flexibility index (Phi) is 7.53. The number of H-pyrrole nitrogens is 1. The van der Waals surface area contributed by atoms with Crippen molar-refractivity contribution in [1.82, 2.24) is 36.6 Å². The summed E-state index contributed by atoms with van der Waals surface area (Å²) in [6, 6.07) is 5.45. The van der Waals surface area contributed by atoms with Crippen LogP contribution in [0.1, 0.15) is 43.5 Å². The molecule has 186 valence electrons. The summed E-state index contributed by atoms with van der Waals surface area (Å²) in [5.41, 5.74) is 1.43. The maximum absolute atomic E-state index is 13.2. The number of para-hydroxylation sites is 1. The number of anilines is 1. The SMILES string of the molecule is O=C(O)N[C@H](C(=O)NCC(=O)N1c2ccccc2CC1C(=O)NCc1nn[nH]n1)C1CCCCC1. The van der Waals surface area contributed by atoms with E-state index in [0.717, 1.165) is 37.7 Å². The van der Waals surface area contributed by atoms with Crippen LogP contribution < -0.4 is 20.9 Å². The van der Waals surface area contributed by atoms with Crippen LogP contribution in [0, 0.1) is 5.92 Å². The molecule has 1 unspecified atom stereocenters. The lowest BCUT2D eigenvalue weighted by Gasteiger charge is -2.29. The van der Waals surface area contributed by atoms with Gasteiger partial charge in [0.05, 0.1) is 13.1 Å². The van der Waals surface area contributed by atoms with Crippen LogP contribution in [-0.4, -0.2) is 68.2 Å². The molecule has 0 radical (unpaired) electrons. The fraction of sp³-hybridized carbons (Fsp3) is 0.500. The smallest absolute Gasteiger partial charge is 0.405 e. The molecule has 0 bridgehead atoms. The highest BCUT2D eigenvalue weighted by Gasteiger charge is 2.39. The van der Waals surface area contributed by atoms with Gasteiger partial charge in [-0.15, -0.1) is 10.2 Å². The lowest BCUT2D eigenvalue weighted by atomic mass is 9.83. The molecule has 1 aromatic heterocycles. The van der Waals surface area contributed by atoms with E-state index in [4.69, 9.17) is 0 Å². The molecule has 1 aromatic carbocycles. The monoisotopic (exact) mass is 484 g/mol. The number of carbonyl (C=O) groups is 4. The molecule has 0 saturated heterocycles. The quantitative estimate of drug-likeness (QED) is 0.350. The fourth-order valence-corrected chi connectivity index (χ4v) is 4.80. The summed E-state index contributed by atoms with van der Waals surface area (Å²) in [5, 5.41) is 30.2. The minimum Gasteiger partial charge on any atom is -0.465 e. The second-order valence-corrected chi connectivity index (χ2v) is 8.70. The second kappa shape index (κ2) is 10.9. The van der Waals surface area contributed by atoms with E-state index in [1.807, 2.05) is 12.1 Å². The summed E-state index contributed by atoms with van der Waals surface area (Å²) in [6.07, 6.45) is 3.44. The van der Waals surface area contributed by atoms with Crippen LogP contribution in [0.3, 0.4) is 0 Å². The molecule has 13 nitrogen and oxygen atoms in total. The molecule has 2 aliphatic rings. The second-order valence-electron chi connectivity index (χ2n) is 8.70. The zero-order valence-electron chi connectivity index (χ0n) is 19.1. The maximum Gasteiger partial charge on any atom is 0.405 e. The van der Waals surface area contributed by atoms with Crippen molar-refractivity contribution in [3.63, 3.8) is 0 Å². The van der Waals surface area contributed by atoms with Gasteiger partial charge in [-0.05, 0) is 30.4 Å². The van der Waals surface area contributed by atoms with Crippen LogP contribution >= 0.6 is 0 Å². The van der Waals surface area contributed by atoms with Crippen LogP contribution in [0.5, 0.6) is 0 Å². The van der Waals surface area contributed by atoms with E-state index in [-0.39, 0.29) is 19.0 Å². The molecule has 4 amide bonds. The number of amides is 4. The summed E-state index contributed by atoms with van der Waals surface area (Å²) < 4.78 is 0. The number of hydrogen-bond acceptors (Lipinski definition) is 7. The maximum atomic E-state index is 13.2. The lowest BCUT2D eigenvalue weighted by molar-refractivity contribution is -0.128. The van der Waals surface area contributed by atoms with Gasteiger partial charge < -0.3 is 21.1 Å². The first-order valence-corrected chi connectivity index (χ1v) is 11.6. The number of tetrazole rings is 1. The largest absolute Gasteiger partial charge is 0.465 e. The van der Waals surface area contributed by atoms with Crippen molar-refractivity contribution in [3.05, 3.63) is 35.7 Å². The number of carbonyl (C=O) groups excluding carboxylic acids is 3. The van der Waals surface area contributed by atoms with Crippen molar-refractivity contribution in [1.29, 1.82) is 0 Å². The molecule has 35 heavy (non-hydrogen) atoms. The van der Waals surface area contributed by atoms with Gasteiger partial charge in [-0.3, -0.25) is 19.3 Å². The molecule has 5 N–H and O–H groups in total. The van der Waals surface area contributed by atoms with Gasteiger partial charge in [-0.1, -0.05) is 42.7 Å². The molecule has 2 atom stereocenters. The molecule has 1 aliphatic carbocycles. The van der Waals surface area contributed by atoms with Gasteiger partial charge in [-0.2, -0.15) is 5.21 Å². The summed E-state index contributed by atoms with van der Waals surface area (Å²) in [7, 11) is 0. The molecule has 2 heterocycles. The fourth-order valence-electron chi connectivity index (χ4n) is 4.80. The Balaban J connectivity index is 1.43. The zero-order valence-corrected chi connectivity index (χ0v) is 19.1. The van der Waals surface area contributed by atoms with E-state index in [2.05, 4.69) is 36.6 Å². The summed E-state index contributed by atoms with van der Waals surface area (Å²) in [4.78, 5) is 51.7. The third-order valence-corrected chi connectivity index (χ3v) is 6.45. The number of rotatable bonds is 8. The predicted octanol–water partition coefficient (Wildman–Crippen LogP) is 0.107. The minimum atomic E-state index is -1.28. The zero-order chi connectivity index (χ0) is 24.8. The van der Waals surface area contributed by atoms with Crippen LogP contribution in [-0.2, 0) is 27.3 Å². The molecule has 1 fully saturated rings. The highest BCUT2D eigenvalue weighted by molar-refractivity contribution is 6.05. The van der Waals surface area contributed by atoms with Crippen molar-refractivity contribution >= 4 is 29.5 Å². The van der Waals surface area contributed by atoms with E-state index in [0.29, 0.717) is 17.9 Å². The molecule has 2 aromatic rings. The van der Waals surface area contributed by atoms with Crippen molar-refractivity contribution in [2.45, 2.75) is 57.2 Å². The Labute approximate surface area is 201 Å². The number of carboxylic acid groups (broad SMARTS) is 1. The first-order chi connectivity index (χ1) is 16.9. The summed E-state index contributed by atoms with van der Waals surface area (Å²) in [6.45, 7) is -0.322. The van der Waals surface area contributed by atoms with Crippen LogP contribution in [0.25, 0.3) is 0 Å². The predicted molar refractivity (Wildman–Crippen MR) is 122 cm³/mol. The van der Waals surface area contributed by atoms with E-state index in [1.54, 1.807) is 12.1 Å². The number of aromatic amines is 1. The standard InChI is InChI=1S/C22H28N8O5/c31-18(12-24-21(33)19(25-22(34)35)13-6-2-1-3-7-13)30-15-9-5-4-8-14(15)10-16(30)20(32)23-11-17-26-28-29-27-17/h4-5,8-9,13,16,19,25H,1-3,6-7,10-12H2,(H,23,32)(H,24,33)(H,34,35)(H,26,27,28,29)/t16?,19-/m0/s1. The molecule has 0 spiro atoms. The average molecular weight is 485 g/mol. The minimum absolute atomic E-state index is 0.0465. The topological polar surface area (TPSA) is 182 Å². The number of benzene rings is 1. The van der Waals surface area contributed by atoms with E-state index in [1.165, 1.54) is 4.90 Å². The van der Waals surface area contributed by atoms with Gasteiger partial charge in [0.2, 0.25) is 17.7 Å². The first kappa shape index (κ1) is 24.1. The van der Waals surface area contributed by atoms with Gasteiger partial charge in [0.25, 0.3) is 0 Å². The molecule has 13 heteroatoms. The summed E-state index contributed by atoms with van der Waals surface area (Å²) >= 11 is 0. The van der Waals surface area contributed by atoms with E-state index < -0.39 is 35.9 Å². The molecule has 4 rings (SSSR count). The highest BCUT2D eigenvalue weighted by Crippen LogP contribution is 2.32. The van der Waals surface area contributed by atoms with E-state index in [9.17, 15) is 24.3 Å². The molecule has 1 saturated carbocycles. The Hall–Kier alpha value is -4.03.